The van der Waals surface area contributed by atoms with Gasteiger partial charge < -0.3 is 29.2 Å². The number of hydrogen-bond donors (Lipinski definition) is 1. The molecule has 2 aliphatic heterocycles. The first kappa shape index (κ1) is 26.3. The third-order valence-corrected chi connectivity index (χ3v) is 7.66. The first-order valence-corrected chi connectivity index (χ1v) is 13.3. The van der Waals surface area contributed by atoms with E-state index < -0.39 is 0 Å². The summed E-state index contributed by atoms with van der Waals surface area (Å²) in [6.45, 7) is 7.32. The van der Waals surface area contributed by atoms with Gasteiger partial charge in [0.05, 0.1) is 11.7 Å². The van der Waals surface area contributed by atoms with Gasteiger partial charge in [-0.2, -0.15) is 0 Å². The maximum Gasteiger partial charge on any atom is 0.257 e. The van der Waals surface area contributed by atoms with E-state index in [0.29, 0.717) is 47.2 Å². The Morgan fingerprint density at radius 3 is 2.58 bits per heavy atom. The molecule has 1 saturated carbocycles. The number of carbonyl (C=O) groups is 2. The van der Waals surface area contributed by atoms with Crippen molar-refractivity contribution in [3.8, 4) is 17.2 Å². The molecule has 0 saturated heterocycles. The highest BCUT2D eigenvalue weighted by atomic mass is 16.7. The largest absolute Gasteiger partial charge is 0.491 e. The van der Waals surface area contributed by atoms with Gasteiger partial charge in [-0.1, -0.05) is 6.92 Å². The number of carbonyl (C=O) groups excluding carboxylic acids is 2. The molecule has 1 aliphatic carbocycles. The lowest BCUT2D eigenvalue weighted by Crippen LogP contribution is -2.47. The number of amides is 2. The second-order valence-electron chi connectivity index (χ2n) is 10.7. The van der Waals surface area contributed by atoms with Crippen LogP contribution in [0, 0.1) is 11.8 Å². The Kier molecular flexibility index (Phi) is 7.76. The standard InChI is InChI=1S/C29H37N3O6/c1-18-13-32(14-20-5-6-20)19(2)16-36-25-12-22(8-9-23(25)29(34)31(3)15-27(18)35-4)30-28(33)21-7-10-24-26(11-21)38-17-37-24/h7-12,18-20,27H,5-6,13-17H2,1-4H3,(H,30,33)/t18-,19+,27-/m0/s1. The van der Waals surface area contributed by atoms with Crippen LogP contribution in [0.25, 0.3) is 0 Å². The summed E-state index contributed by atoms with van der Waals surface area (Å²) in [4.78, 5) is 30.6. The second kappa shape index (κ2) is 11.2. The normalized spacial score (nSPS) is 24.2. The van der Waals surface area contributed by atoms with Crippen molar-refractivity contribution in [1.82, 2.24) is 9.80 Å². The van der Waals surface area contributed by atoms with Gasteiger partial charge in [-0.05, 0) is 61.9 Å². The lowest BCUT2D eigenvalue weighted by atomic mass is 10.0. The van der Waals surface area contributed by atoms with Crippen LogP contribution in [0.15, 0.2) is 36.4 Å². The number of benzene rings is 2. The van der Waals surface area contributed by atoms with Crippen LogP contribution in [0.4, 0.5) is 5.69 Å². The SMILES string of the molecule is CO[C@H]1CN(C)C(=O)c2ccc(NC(=O)c3ccc4c(c3)OCO4)cc2OC[C@@H](C)N(CC2CC2)C[C@@H]1C. The summed E-state index contributed by atoms with van der Waals surface area (Å²) in [6, 6.07) is 10.4. The van der Waals surface area contributed by atoms with Crippen molar-refractivity contribution in [1.29, 1.82) is 0 Å². The summed E-state index contributed by atoms with van der Waals surface area (Å²) in [7, 11) is 3.50. The van der Waals surface area contributed by atoms with Crippen LogP contribution in [0.5, 0.6) is 17.2 Å². The Hall–Kier alpha value is -3.30. The third kappa shape index (κ3) is 5.89. The predicted molar refractivity (Wildman–Crippen MR) is 143 cm³/mol. The van der Waals surface area contributed by atoms with E-state index in [9.17, 15) is 9.59 Å². The van der Waals surface area contributed by atoms with Gasteiger partial charge in [-0.25, -0.2) is 0 Å². The van der Waals surface area contributed by atoms with E-state index in [1.807, 2.05) is 0 Å². The number of anilines is 1. The van der Waals surface area contributed by atoms with E-state index in [2.05, 4.69) is 24.1 Å². The van der Waals surface area contributed by atoms with E-state index >= 15 is 0 Å². The van der Waals surface area contributed by atoms with Crippen molar-refractivity contribution in [3.05, 3.63) is 47.5 Å². The molecule has 5 rings (SSSR count). The Labute approximate surface area is 224 Å². The maximum absolute atomic E-state index is 13.5. The molecule has 0 radical (unpaired) electrons. The fraction of sp³-hybridized carbons (Fsp3) is 0.517. The predicted octanol–water partition coefficient (Wildman–Crippen LogP) is 3.88. The lowest BCUT2D eigenvalue weighted by molar-refractivity contribution is 0.00994. The molecule has 0 unspecified atom stereocenters. The number of ether oxygens (including phenoxy) is 4. The molecule has 3 atom stereocenters. The van der Waals surface area contributed by atoms with Crippen LogP contribution < -0.4 is 19.5 Å². The number of rotatable bonds is 5. The van der Waals surface area contributed by atoms with Gasteiger partial charge in [0.25, 0.3) is 11.8 Å². The van der Waals surface area contributed by atoms with Gasteiger partial charge >= 0.3 is 0 Å². The van der Waals surface area contributed by atoms with Gasteiger partial charge in [0, 0.05) is 57.2 Å². The van der Waals surface area contributed by atoms with E-state index in [4.69, 9.17) is 18.9 Å². The molecule has 2 amide bonds. The molecule has 0 spiro atoms. The summed E-state index contributed by atoms with van der Waals surface area (Å²) >= 11 is 0. The van der Waals surface area contributed by atoms with Crippen molar-refractivity contribution in [3.63, 3.8) is 0 Å². The van der Waals surface area contributed by atoms with Gasteiger partial charge in [-0.15, -0.1) is 0 Å². The van der Waals surface area contributed by atoms with Crippen molar-refractivity contribution in [2.24, 2.45) is 11.8 Å². The fourth-order valence-electron chi connectivity index (χ4n) is 5.05. The molecule has 9 heteroatoms. The monoisotopic (exact) mass is 523 g/mol. The molecule has 38 heavy (non-hydrogen) atoms. The summed E-state index contributed by atoms with van der Waals surface area (Å²) in [5, 5.41) is 2.92. The number of methoxy groups -OCH3 is 1. The summed E-state index contributed by atoms with van der Waals surface area (Å²) < 4.78 is 22.9. The van der Waals surface area contributed by atoms with Crippen LogP contribution >= 0.6 is 0 Å². The van der Waals surface area contributed by atoms with Gasteiger partial charge in [0.1, 0.15) is 12.4 Å². The maximum atomic E-state index is 13.5. The minimum absolute atomic E-state index is 0.0816. The molecule has 9 nitrogen and oxygen atoms in total. The minimum atomic E-state index is -0.291. The number of likely N-dealkylation sites (N-methyl/N-ethyl adjacent to an activating group) is 1. The first-order chi connectivity index (χ1) is 18.3. The summed E-state index contributed by atoms with van der Waals surface area (Å²) in [5.41, 5.74) is 1.44. The van der Waals surface area contributed by atoms with Crippen molar-refractivity contribution >= 4 is 17.5 Å². The van der Waals surface area contributed by atoms with Crippen LogP contribution in [0.1, 0.15) is 47.4 Å². The molecule has 204 valence electrons. The van der Waals surface area contributed by atoms with E-state index in [1.165, 1.54) is 12.8 Å². The van der Waals surface area contributed by atoms with E-state index in [-0.39, 0.29) is 36.7 Å². The number of nitrogens with zero attached hydrogens (tertiary/aromatic N) is 2. The molecule has 0 bridgehead atoms. The first-order valence-electron chi connectivity index (χ1n) is 13.3. The zero-order chi connectivity index (χ0) is 26.8. The zero-order valence-electron chi connectivity index (χ0n) is 22.6. The molecule has 2 aromatic rings. The Balaban J connectivity index is 1.39. The van der Waals surface area contributed by atoms with Crippen LogP contribution in [-0.2, 0) is 4.74 Å². The highest BCUT2D eigenvalue weighted by Crippen LogP contribution is 2.34. The highest BCUT2D eigenvalue weighted by molar-refractivity contribution is 6.05. The molecule has 1 fully saturated rings. The van der Waals surface area contributed by atoms with Crippen LogP contribution in [-0.4, -0.2) is 81.0 Å². The fourth-order valence-corrected chi connectivity index (χ4v) is 5.05. The molecule has 3 aliphatic rings. The number of hydrogen-bond acceptors (Lipinski definition) is 7. The Morgan fingerprint density at radius 2 is 1.82 bits per heavy atom. The highest BCUT2D eigenvalue weighted by Gasteiger charge is 2.31. The van der Waals surface area contributed by atoms with Gasteiger partial charge in [0.2, 0.25) is 6.79 Å². The van der Waals surface area contributed by atoms with E-state index in [1.54, 1.807) is 55.5 Å². The quantitative estimate of drug-likeness (QED) is 0.636. The molecular formula is C29H37N3O6. The average molecular weight is 524 g/mol. The van der Waals surface area contributed by atoms with Gasteiger partial charge in [-0.3, -0.25) is 14.5 Å². The van der Waals surface area contributed by atoms with Crippen LogP contribution in [0.2, 0.25) is 0 Å². The third-order valence-electron chi connectivity index (χ3n) is 7.66. The molecule has 2 heterocycles. The zero-order valence-corrected chi connectivity index (χ0v) is 22.6. The molecule has 0 aromatic heterocycles. The minimum Gasteiger partial charge on any atom is -0.491 e. The summed E-state index contributed by atoms with van der Waals surface area (Å²) in [5.74, 6) is 2.17. The molecular weight excluding hydrogens is 486 g/mol. The topological polar surface area (TPSA) is 89.6 Å². The smallest absolute Gasteiger partial charge is 0.257 e. The average Bonchev–Trinajstić information content (AvgIpc) is 3.61. The van der Waals surface area contributed by atoms with Gasteiger partial charge in [0.15, 0.2) is 11.5 Å². The van der Waals surface area contributed by atoms with Crippen molar-refractivity contribution < 1.29 is 28.5 Å². The van der Waals surface area contributed by atoms with Crippen molar-refractivity contribution in [2.75, 3.05) is 52.5 Å². The molecule has 2 aromatic carbocycles. The van der Waals surface area contributed by atoms with E-state index in [0.717, 1.165) is 19.0 Å². The van der Waals surface area contributed by atoms with Crippen LogP contribution in [0.3, 0.4) is 0 Å². The lowest BCUT2D eigenvalue weighted by Gasteiger charge is -2.36. The second-order valence-corrected chi connectivity index (χ2v) is 10.7. The Morgan fingerprint density at radius 1 is 1.03 bits per heavy atom. The number of fused-ring (bicyclic) bond motifs is 2. The van der Waals surface area contributed by atoms with Crippen molar-refractivity contribution in [2.45, 2.75) is 38.8 Å². The number of nitrogens with one attached hydrogen (secondary N) is 1. The molecule has 1 N–H and O–H groups in total. The summed E-state index contributed by atoms with van der Waals surface area (Å²) in [6.07, 6.45) is 2.47. The Bertz CT molecular complexity index is 1180.